The van der Waals surface area contributed by atoms with Gasteiger partial charge in [0.15, 0.2) is 0 Å². The Morgan fingerprint density at radius 3 is 2.29 bits per heavy atom. The Morgan fingerprint density at radius 1 is 0.905 bits per heavy atom. The monoisotopic (exact) mass is 294 g/mol. The molecule has 4 nitrogen and oxygen atoms in total. The van der Waals surface area contributed by atoms with Crippen molar-refractivity contribution in [3.8, 4) is 11.5 Å². The van der Waals surface area contributed by atoms with Gasteiger partial charge < -0.3 is 20.9 Å². The van der Waals surface area contributed by atoms with Gasteiger partial charge >= 0.3 is 0 Å². The molecule has 0 atom stereocenters. The van der Waals surface area contributed by atoms with E-state index in [2.05, 4.69) is 19.1 Å². The van der Waals surface area contributed by atoms with E-state index >= 15 is 0 Å². The maximum Gasteiger partial charge on any atom is 0.122 e. The van der Waals surface area contributed by atoms with Crippen LogP contribution in [0.25, 0.3) is 0 Å². The second kappa shape index (κ2) is 10.5. The molecule has 0 radical (unpaired) electrons. The van der Waals surface area contributed by atoms with Crippen LogP contribution in [0, 0.1) is 6.92 Å². The standard InChI is InChI=1S/C17H30N2O2/c1-14-12-17(20-2)15(8-4-3-5-9-18)13-16(14)21-11-7-6-10-19/h12-13H,3-11,18-19H2,1-2H3. The fourth-order valence-corrected chi connectivity index (χ4v) is 2.31. The highest BCUT2D eigenvalue weighted by Gasteiger charge is 2.09. The van der Waals surface area contributed by atoms with E-state index in [1.54, 1.807) is 7.11 Å². The van der Waals surface area contributed by atoms with Crippen LogP contribution in [-0.2, 0) is 6.42 Å². The third kappa shape index (κ3) is 6.36. The fraction of sp³-hybridized carbons (Fsp3) is 0.647. The molecule has 1 aromatic carbocycles. The summed E-state index contributed by atoms with van der Waals surface area (Å²) in [6, 6.07) is 4.19. The number of benzene rings is 1. The van der Waals surface area contributed by atoms with Crippen LogP contribution in [0.3, 0.4) is 0 Å². The molecule has 0 aromatic heterocycles. The fourth-order valence-electron chi connectivity index (χ4n) is 2.31. The summed E-state index contributed by atoms with van der Waals surface area (Å²) in [6.07, 6.45) is 6.36. The van der Waals surface area contributed by atoms with Crippen LogP contribution in [0.2, 0.25) is 0 Å². The Morgan fingerprint density at radius 2 is 1.62 bits per heavy atom. The third-order valence-corrected chi connectivity index (χ3v) is 3.58. The summed E-state index contributed by atoms with van der Waals surface area (Å²) >= 11 is 0. The van der Waals surface area contributed by atoms with Crippen molar-refractivity contribution in [2.75, 3.05) is 26.8 Å². The van der Waals surface area contributed by atoms with Gasteiger partial charge in [-0.05, 0) is 75.4 Å². The summed E-state index contributed by atoms with van der Waals surface area (Å²) in [6.45, 7) is 4.26. The quantitative estimate of drug-likeness (QED) is 0.616. The van der Waals surface area contributed by atoms with Crippen LogP contribution < -0.4 is 20.9 Å². The molecule has 0 amide bonds. The molecule has 4 heteroatoms. The second-order valence-electron chi connectivity index (χ2n) is 5.37. The van der Waals surface area contributed by atoms with Crippen molar-refractivity contribution in [2.45, 2.75) is 45.4 Å². The van der Waals surface area contributed by atoms with E-state index in [1.165, 1.54) is 5.56 Å². The molecule has 0 unspecified atom stereocenters. The molecule has 21 heavy (non-hydrogen) atoms. The molecule has 0 fully saturated rings. The zero-order valence-electron chi connectivity index (χ0n) is 13.5. The topological polar surface area (TPSA) is 70.5 Å². The van der Waals surface area contributed by atoms with Gasteiger partial charge in [0.1, 0.15) is 11.5 Å². The van der Waals surface area contributed by atoms with Gasteiger partial charge in [-0.15, -0.1) is 0 Å². The zero-order chi connectivity index (χ0) is 15.5. The predicted molar refractivity (Wildman–Crippen MR) is 88.1 cm³/mol. The van der Waals surface area contributed by atoms with Gasteiger partial charge in [0.2, 0.25) is 0 Å². The van der Waals surface area contributed by atoms with Gasteiger partial charge in [-0.1, -0.05) is 6.42 Å². The van der Waals surface area contributed by atoms with Crippen LogP contribution in [0.1, 0.15) is 43.2 Å². The minimum absolute atomic E-state index is 0.719. The lowest BCUT2D eigenvalue weighted by Gasteiger charge is -2.14. The van der Waals surface area contributed by atoms with Crippen LogP contribution in [0.15, 0.2) is 12.1 Å². The molecular weight excluding hydrogens is 264 g/mol. The normalized spacial score (nSPS) is 10.7. The largest absolute Gasteiger partial charge is 0.496 e. The summed E-state index contributed by atoms with van der Waals surface area (Å²) in [5, 5.41) is 0. The van der Waals surface area contributed by atoms with Gasteiger partial charge in [0, 0.05) is 0 Å². The highest BCUT2D eigenvalue weighted by Crippen LogP contribution is 2.29. The van der Waals surface area contributed by atoms with E-state index < -0.39 is 0 Å². The first-order chi connectivity index (χ1) is 10.2. The van der Waals surface area contributed by atoms with E-state index in [-0.39, 0.29) is 0 Å². The van der Waals surface area contributed by atoms with Gasteiger partial charge in [0.25, 0.3) is 0 Å². The van der Waals surface area contributed by atoms with E-state index in [0.29, 0.717) is 0 Å². The Labute approximate surface area is 128 Å². The molecule has 1 aromatic rings. The Bertz CT molecular complexity index is 408. The van der Waals surface area contributed by atoms with Crippen molar-refractivity contribution in [3.63, 3.8) is 0 Å². The molecule has 0 aliphatic rings. The van der Waals surface area contributed by atoms with Crippen LogP contribution in [-0.4, -0.2) is 26.8 Å². The average Bonchev–Trinajstić information content (AvgIpc) is 2.50. The molecule has 4 N–H and O–H groups in total. The molecule has 0 bridgehead atoms. The van der Waals surface area contributed by atoms with Crippen LogP contribution in [0.4, 0.5) is 0 Å². The number of hydrogen-bond acceptors (Lipinski definition) is 4. The van der Waals surface area contributed by atoms with Crippen LogP contribution >= 0.6 is 0 Å². The molecule has 0 aliphatic heterocycles. The molecule has 0 saturated heterocycles. The molecule has 0 heterocycles. The van der Waals surface area contributed by atoms with E-state index in [1.807, 2.05) is 0 Å². The van der Waals surface area contributed by atoms with Crippen molar-refractivity contribution < 1.29 is 9.47 Å². The molecule has 0 aliphatic carbocycles. The lowest BCUT2D eigenvalue weighted by Crippen LogP contribution is -2.05. The average molecular weight is 294 g/mol. The van der Waals surface area contributed by atoms with E-state index in [4.69, 9.17) is 20.9 Å². The highest BCUT2D eigenvalue weighted by molar-refractivity contribution is 5.46. The van der Waals surface area contributed by atoms with E-state index in [9.17, 15) is 0 Å². The van der Waals surface area contributed by atoms with Crippen molar-refractivity contribution in [1.29, 1.82) is 0 Å². The van der Waals surface area contributed by atoms with Gasteiger partial charge in [-0.25, -0.2) is 0 Å². The number of hydrogen-bond donors (Lipinski definition) is 2. The first-order valence-corrected chi connectivity index (χ1v) is 7.93. The number of rotatable bonds is 11. The maximum atomic E-state index is 5.88. The number of methoxy groups -OCH3 is 1. The number of unbranched alkanes of at least 4 members (excludes halogenated alkanes) is 3. The predicted octanol–water partition coefficient (Wildman–Crippen LogP) is 2.79. The van der Waals surface area contributed by atoms with Gasteiger partial charge in [0.05, 0.1) is 13.7 Å². The smallest absolute Gasteiger partial charge is 0.122 e. The number of aryl methyl sites for hydroxylation is 2. The molecule has 120 valence electrons. The van der Waals surface area contributed by atoms with Crippen molar-refractivity contribution >= 4 is 0 Å². The first-order valence-electron chi connectivity index (χ1n) is 7.93. The highest BCUT2D eigenvalue weighted by atomic mass is 16.5. The van der Waals surface area contributed by atoms with E-state index in [0.717, 1.165) is 75.3 Å². The Kier molecular flexibility index (Phi) is 8.87. The summed E-state index contributed by atoms with van der Waals surface area (Å²) in [5.74, 6) is 1.91. The summed E-state index contributed by atoms with van der Waals surface area (Å²) in [5.41, 5.74) is 13.4. The van der Waals surface area contributed by atoms with Crippen molar-refractivity contribution in [2.24, 2.45) is 11.5 Å². The molecular formula is C17H30N2O2. The first kappa shape index (κ1) is 17.8. The van der Waals surface area contributed by atoms with Gasteiger partial charge in [-0.2, -0.15) is 0 Å². The van der Waals surface area contributed by atoms with Crippen molar-refractivity contribution in [3.05, 3.63) is 23.3 Å². The Hall–Kier alpha value is -1.26. The summed E-state index contributed by atoms with van der Waals surface area (Å²) in [4.78, 5) is 0. The van der Waals surface area contributed by atoms with Gasteiger partial charge in [-0.3, -0.25) is 0 Å². The minimum Gasteiger partial charge on any atom is -0.496 e. The number of ether oxygens (including phenoxy) is 2. The second-order valence-corrected chi connectivity index (χ2v) is 5.37. The minimum atomic E-state index is 0.719. The lowest BCUT2D eigenvalue weighted by molar-refractivity contribution is 0.304. The SMILES string of the molecule is COc1cc(C)c(OCCCCN)cc1CCCCCN. The molecule has 0 spiro atoms. The van der Waals surface area contributed by atoms with Crippen molar-refractivity contribution in [1.82, 2.24) is 0 Å². The number of nitrogens with two attached hydrogens (primary N) is 2. The zero-order valence-corrected chi connectivity index (χ0v) is 13.5. The molecule has 0 saturated carbocycles. The lowest BCUT2D eigenvalue weighted by atomic mass is 10.0. The Balaban J connectivity index is 2.66. The summed E-state index contributed by atoms with van der Waals surface area (Å²) < 4.78 is 11.4. The third-order valence-electron chi connectivity index (χ3n) is 3.58. The van der Waals surface area contributed by atoms with Crippen LogP contribution in [0.5, 0.6) is 11.5 Å². The molecule has 1 rings (SSSR count). The summed E-state index contributed by atoms with van der Waals surface area (Å²) in [7, 11) is 1.72. The maximum absolute atomic E-state index is 5.88.